The van der Waals surface area contributed by atoms with Crippen LogP contribution in [0, 0.1) is 0 Å². The van der Waals surface area contributed by atoms with E-state index in [1.807, 2.05) is 0 Å². The van der Waals surface area contributed by atoms with Crippen LogP contribution in [0.15, 0.2) is 0 Å². The van der Waals surface area contributed by atoms with E-state index in [0.717, 1.165) is 45.6 Å². The topological polar surface area (TPSA) is 62.4 Å². The quantitative estimate of drug-likeness (QED) is 0.663. The molecule has 0 aromatic heterocycles. The smallest absolute Gasteiger partial charge is 0.315 e. The van der Waals surface area contributed by atoms with Gasteiger partial charge >= 0.3 is 6.03 Å². The fraction of sp³-hybridized carbons (Fsp3) is 0.917. The highest BCUT2D eigenvalue weighted by Gasteiger charge is 2.18. The van der Waals surface area contributed by atoms with Gasteiger partial charge in [-0.3, -0.25) is 0 Å². The first kappa shape index (κ1) is 12.6. The predicted molar refractivity (Wildman–Crippen MR) is 66.0 cm³/mol. The number of nitrogens with one attached hydrogen (secondary N) is 3. The van der Waals surface area contributed by atoms with E-state index >= 15 is 0 Å². The van der Waals surface area contributed by atoms with Crippen molar-refractivity contribution in [2.24, 2.45) is 0 Å². The van der Waals surface area contributed by atoms with Crippen LogP contribution in [0.3, 0.4) is 0 Å². The molecule has 2 amide bonds. The highest BCUT2D eigenvalue weighted by molar-refractivity contribution is 5.74. The Labute approximate surface area is 103 Å². The van der Waals surface area contributed by atoms with Crippen LogP contribution in [-0.2, 0) is 4.74 Å². The van der Waals surface area contributed by atoms with Crippen molar-refractivity contribution in [1.29, 1.82) is 0 Å². The molecule has 2 fully saturated rings. The van der Waals surface area contributed by atoms with Crippen molar-refractivity contribution in [2.45, 2.75) is 44.2 Å². The molecule has 0 aliphatic carbocycles. The zero-order chi connectivity index (χ0) is 11.9. The van der Waals surface area contributed by atoms with E-state index < -0.39 is 0 Å². The highest BCUT2D eigenvalue weighted by Crippen LogP contribution is 2.07. The van der Waals surface area contributed by atoms with Crippen LogP contribution >= 0.6 is 0 Å². The summed E-state index contributed by atoms with van der Waals surface area (Å²) in [5, 5.41) is 9.43. The predicted octanol–water partition coefficient (Wildman–Crippen LogP) is 0.607. The molecule has 0 bridgehead atoms. The number of rotatable bonds is 2. The molecule has 5 heteroatoms. The van der Waals surface area contributed by atoms with E-state index in [-0.39, 0.29) is 18.1 Å². The molecule has 0 aromatic rings. The van der Waals surface area contributed by atoms with Gasteiger partial charge in [-0.15, -0.1) is 0 Å². The third kappa shape index (κ3) is 4.52. The fourth-order valence-corrected chi connectivity index (χ4v) is 2.40. The first-order valence-electron chi connectivity index (χ1n) is 6.70. The zero-order valence-corrected chi connectivity index (χ0v) is 10.3. The van der Waals surface area contributed by atoms with Crippen LogP contribution in [-0.4, -0.2) is 44.4 Å². The SMILES string of the molecule is O=C(NC1CCOCC1)NC1CCCCNC1. The lowest BCUT2D eigenvalue weighted by Crippen LogP contribution is -2.49. The summed E-state index contributed by atoms with van der Waals surface area (Å²) in [6.45, 7) is 3.48. The summed E-state index contributed by atoms with van der Waals surface area (Å²) in [5.41, 5.74) is 0. The van der Waals surface area contributed by atoms with Gasteiger partial charge in [-0.1, -0.05) is 6.42 Å². The summed E-state index contributed by atoms with van der Waals surface area (Å²) in [5.74, 6) is 0. The molecule has 0 saturated carbocycles. The van der Waals surface area contributed by atoms with Crippen LogP contribution in [0.25, 0.3) is 0 Å². The Kier molecular flexibility index (Phi) is 5.07. The lowest BCUT2D eigenvalue weighted by atomic mass is 10.1. The molecule has 0 radical (unpaired) electrons. The number of carbonyl (C=O) groups excluding carboxylic acids is 1. The normalized spacial score (nSPS) is 27.2. The Morgan fingerprint density at radius 2 is 1.82 bits per heavy atom. The van der Waals surface area contributed by atoms with Crippen LogP contribution in [0.2, 0.25) is 0 Å². The van der Waals surface area contributed by atoms with E-state index in [9.17, 15) is 4.79 Å². The van der Waals surface area contributed by atoms with E-state index in [4.69, 9.17) is 4.74 Å². The fourth-order valence-electron chi connectivity index (χ4n) is 2.40. The minimum atomic E-state index is -0.0226. The number of hydrogen-bond acceptors (Lipinski definition) is 3. The number of ether oxygens (including phenoxy) is 1. The van der Waals surface area contributed by atoms with Gasteiger partial charge in [0, 0.05) is 31.8 Å². The van der Waals surface area contributed by atoms with Crippen LogP contribution in [0.1, 0.15) is 32.1 Å². The van der Waals surface area contributed by atoms with Gasteiger partial charge < -0.3 is 20.7 Å². The molecule has 2 aliphatic heterocycles. The summed E-state index contributed by atoms with van der Waals surface area (Å²) < 4.78 is 5.27. The standard InChI is InChI=1S/C12H23N3O2/c16-12(14-10-4-7-17-8-5-10)15-11-3-1-2-6-13-9-11/h10-11,13H,1-9H2,(H2,14,15,16). The van der Waals surface area contributed by atoms with Gasteiger partial charge in [0.25, 0.3) is 0 Å². The van der Waals surface area contributed by atoms with E-state index in [1.54, 1.807) is 0 Å². The zero-order valence-electron chi connectivity index (χ0n) is 10.3. The van der Waals surface area contributed by atoms with Crippen molar-refractivity contribution in [2.75, 3.05) is 26.3 Å². The van der Waals surface area contributed by atoms with Crippen LogP contribution in [0.5, 0.6) is 0 Å². The van der Waals surface area contributed by atoms with E-state index in [2.05, 4.69) is 16.0 Å². The second kappa shape index (κ2) is 6.81. The molecule has 5 nitrogen and oxygen atoms in total. The third-order valence-corrected chi connectivity index (χ3v) is 3.44. The molecule has 2 heterocycles. The minimum absolute atomic E-state index is 0.0226. The molecule has 0 spiro atoms. The van der Waals surface area contributed by atoms with Crippen LogP contribution < -0.4 is 16.0 Å². The monoisotopic (exact) mass is 241 g/mol. The Bertz CT molecular complexity index is 234. The Balaban J connectivity index is 1.68. The number of carbonyl (C=O) groups is 1. The van der Waals surface area contributed by atoms with Crippen molar-refractivity contribution in [3.8, 4) is 0 Å². The molecule has 1 unspecified atom stereocenters. The second-order valence-corrected chi connectivity index (χ2v) is 4.90. The molecule has 98 valence electrons. The molecular formula is C12H23N3O2. The number of amides is 2. The summed E-state index contributed by atoms with van der Waals surface area (Å²) in [6.07, 6.45) is 5.33. The van der Waals surface area contributed by atoms with Gasteiger partial charge in [-0.25, -0.2) is 4.79 Å². The first-order valence-corrected chi connectivity index (χ1v) is 6.70. The average molecular weight is 241 g/mol. The number of urea groups is 1. The third-order valence-electron chi connectivity index (χ3n) is 3.44. The summed E-state index contributed by atoms with van der Waals surface area (Å²) in [7, 11) is 0. The van der Waals surface area contributed by atoms with E-state index in [1.165, 1.54) is 12.8 Å². The van der Waals surface area contributed by atoms with Crippen LogP contribution in [0.4, 0.5) is 4.79 Å². The van der Waals surface area contributed by atoms with E-state index in [0.29, 0.717) is 0 Å². The second-order valence-electron chi connectivity index (χ2n) is 4.90. The lowest BCUT2D eigenvalue weighted by Gasteiger charge is -2.25. The summed E-state index contributed by atoms with van der Waals surface area (Å²) in [6, 6.07) is 0.533. The Morgan fingerprint density at radius 3 is 2.65 bits per heavy atom. The maximum atomic E-state index is 11.8. The number of hydrogen-bond donors (Lipinski definition) is 3. The molecule has 3 N–H and O–H groups in total. The maximum absolute atomic E-state index is 11.8. The highest BCUT2D eigenvalue weighted by atomic mass is 16.5. The molecule has 17 heavy (non-hydrogen) atoms. The van der Waals surface area contributed by atoms with Gasteiger partial charge in [0.2, 0.25) is 0 Å². The van der Waals surface area contributed by atoms with Crippen molar-refractivity contribution in [3.63, 3.8) is 0 Å². The molecule has 2 rings (SSSR count). The molecule has 2 aliphatic rings. The Hall–Kier alpha value is -0.810. The molecular weight excluding hydrogens is 218 g/mol. The van der Waals surface area contributed by atoms with Gasteiger partial charge in [0.05, 0.1) is 0 Å². The lowest BCUT2D eigenvalue weighted by molar-refractivity contribution is 0.0799. The van der Waals surface area contributed by atoms with Gasteiger partial charge in [-0.05, 0) is 32.2 Å². The van der Waals surface area contributed by atoms with Gasteiger partial charge in [-0.2, -0.15) is 0 Å². The first-order chi connectivity index (χ1) is 8.34. The maximum Gasteiger partial charge on any atom is 0.315 e. The molecule has 2 saturated heterocycles. The van der Waals surface area contributed by atoms with Crippen molar-refractivity contribution >= 4 is 6.03 Å². The van der Waals surface area contributed by atoms with Crippen molar-refractivity contribution in [1.82, 2.24) is 16.0 Å². The van der Waals surface area contributed by atoms with Gasteiger partial charge in [0.1, 0.15) is 0 Å². The molecule has 0 aromatic carbocycles. The minimum Gasteiger partial charge on any atom is -0.381 e. The van der Waals surface area contributed by atoms with Crippen molar-refractivity contribution < 1.29 is 9.53 Å². The largest absolute Gasteiger partial charge is 0.381 e. The average Bonchev–Trinajstić information content (AvgIpc) is 2.59. The van der Waals surface area contributed by atoms with Crippen molar-refractivity contribution in [3.05, 3.63) is 0 Å². The Morgan fingerprint density at radius 1 is 1.06 bits per heavy atom. The summed E-state index contributed by atoms with van der Waals surface area (Å²) >= 11 is 0. The molecule has 1 atom stereocenters. The van der Waals surface area contributed by atoms with Gasteiger partial charge in [0.15, 0.2) is 0 Å². The summed E-state index contributed by atoms with van der Waals surface area (Å²) in [4.78, 5) is 11.8.